The third-order valence-corrected chi connectivity index (χ3v) is 11.3. The minimum absolute atomic E-state index is 0.390. The lowest BCUT2D eigenvalue weighted by Gasteiger charge is -2.11. The molecule has 54 heavy (non-hydrogen) atoms. The van der Waals surface area contributed by atoms with E-state index >= 15 is 0 Å². The number of hydrogen-bond acceptors (Lipinski definition) is 10. The van der Waals surface area contributed by atoms with Crippen LogP contribution in [0.25, 0.3) is 34.2 Å². The van der Waals surface area contributed by atoms with Crippen molar-refractivity contribution in [3.8, 4) is 34.2 Å². The van der Waals surface area contributed by atoms with E-state index in [9.17, 15) is 0 Å². The number of aryl methyl sites for hydroxylation is 2. The van der Waals surface area contributed by atoms with Gasteiger partial charge in [-0.05, 0) is 93.4 Å². The molecule has 0 aliphatic heterocycles. The van der Waals surface area contributed by atoms with Crippen molar-refractivity contribution >= 4 is 68.0 Å². The molecule has 0 fully saturated rings. The Kier molecular flexibility index (Phi) is 10.5. The van der Waals surface area contributed by atoms with Crippen LogP contribution in [0, 0.1) is 13.8 Å². The van der Waals surface area contributed by atoms with Crippen LogP contribution in [0.5, 0.6) is 0 Å². The molecule has 4 aromatic heterocycles. The smallest absolute Gasteiger partial charge is 0.209 e. The molecule has 12 nitrogen and oxygen atoms in total. The van der Waals surface area contributed by atoms with E-state index in [4.69, 9.17) is 66.8 Å². The van der Waals surface area contributed by atoms with Crippen molar-refractivity contribution < 1.29 is 0 Å². The number of hydrogen-bond donors (Lipinski definition) is 0. The minimum atomic E-state index is 0.390. The second-order valence-corrected chi connectivity index (χ2v) is 16.1. The van der Waals surface area contributed by atoms with E-state index < -0.39 is 0 Å². The Labute approximate surface area is 336 Å². The summed E-state index contributed by atoms with van der Waals surface area (Å²) in [5.41, 5.74) is 6.97. The first-order valence-electron chi connectivity index (χ1n) is 16.3. The number of halogens is 4. The van der Waals surface area contributed by atoms with Gasteiger partial charge in [0, 0.05) is 20.1 Å². The summed E-state index contributed by atoms with van der Waals surface area (Å²) in [4.78, 5) is 3.11. The van der Waals surface area contributed by atoms with Crippen LogP contribution in [-0.2, 0) is 13.1 Å². The number of benzene rings is 4. The zero-order chi connectivity index (χ0) is 37.3. The van der Waals surface area contributed by atoms with Crippen LogP contribution in [0.1, 0.15) is 22.3 Å². The topological polar surface area (TPSA) is 123 Å². The predicted molar refractivity (Wildman–Crippen MR) is 213 cm³/mol. The van der Waals surface area contributed by atoms with E-state index in [1.54, 1.807) is 67.7 Å². The first-order valence-corrected chi connectivity index (χ1v) is 19.9. The summed E-state index contributed by atoms with van der Waals surface area (Å²) in [6.45, 7) is 4.99. The van der Waals surface area contributed by atoms with E-state index in [-0.39, 0.29) is 0 Å². The van der Waals surface area contributed by atoms with E-state index in [1.165, 1.54) is 21.6 Å². The van der Waals surface area contributed by atoms with Crippen molar-refractivity contribution in [2.45, 2.75) is 37.0 Å². The zero-order valence-electron chi connectivity index (χ0n) is 28.3. The Morgan fingerprint density at radius 1 is 0.537 bits per heavy atom. The van der Waals surface area contributed by atoms with Gasteiger partial charge in [0.05, 0.1) is 48.0 Å². The van der Waals surface area contributed by atoms with Crippen LogP contribution in [0.15, 0.2) is 107 Å². The molecular formula is C36H26Cl4N12S2. The highest BCUT2D eigenvalue weighted by Gasteiger charge is 2.25. The van der Waals surface area contributed by atoms with Crippen molar-refractivity contribution in [3.63, 3.8) is 0 Å². The molecule has 4 heterocycles. The summed E-state index contributed by atoms with van der Waals surface area (Å²) in [6.07, 6.45) is 3.39. The van der Waals surface area contributed by atoms with Gasteiger partial charge in [0.1, 0.15) is 10.1 Å². The van der Waals surface area contributed by atoms with Gasteiger partial charge in [-0.15, -0.1) is 20.4 Å². The Morgan fingerprint density at radius 2 is 0.944 bits per heavy atom. The van der Waals surface area contributed by atoms with Crippen LogP contribution < -0.4 is 0 Å². The number of nitrogens with zero attached hydrogens (tertiary/aromatic N) is 12. The number of rotatable bonds is 11. The van der Waals surface area contributed by atoms with Gasteiger partial charge in [0.15, 0.2) is 0 Å². The highest BCUT2D eigenvalue weighted by molar-refractivity contribution is 8.76. The number of aromatic nitrogens is 12. The van der Waals surface area contributed by atoms with Crippen molar-refractivity contribution in [1.82, 2.24) is 60.0 Å². The lowest BCUT2D eigenvalue weighted by Crippen LogP contribution is -2.04. The second-order valence-electron chi connectivity index (χ2n) is 12.2. The zero-order valence-corrected chi connectivity index (χ0v) is 33.0. The van der Waals surface area contributed by atoms with Gasteiger partial charge in [-0.1, -0.05) is 106 Å². The highest BCUT2D eigenvalue weighted by atomic mass is 35.5. The monoisotopic (exact) mass is 830 g/mol. The molecule has 0 aliphatic rings. The summed E-state index contributed by atoms with van der Waals surface area (Å²) in [6, 6.07) is 26.8. The van der Waals surface area contributed by atoms with Gasteiger partial charge in [-0.2, -0.15) is 19.8 Å². The predicted octanol–water partition coefficient (Wildman–Crippen LogP) is 9.49. The largest absolute Gasteiger partial charge is 0.226 e. The molecule has 4 aromatic carbocycles. The molecule has 0 saturated heterocycles. The van der Waals surface area contributed by atoms with Crippen molar-refractivity contribution in [3.05, 3.63) is 140 Å². The Hall–Kier alpha value is -4.70. The first-order chi connectivity index (χ1) is 26.1. The fourth-order valence-corrected chi connectivity index (χ4v) is 9.23. The fourth-order valence-electron chi connectivity index (χ4n) is 5.70. The fraction of sp³-hybridized carbons (Fsp3) is 0.111. The van der Waals surface area contributed by atoms with Crippen LogP contribution in [-0.4, -0.2) is 60.0 Å². The van der Waals surface area contributed by atoms with Gasteiger partial charge >= 0.3 is 0 Å². The summed E-state index contributed by atoms with van der Waals surface area (Å²) >= 11 is 25.8. The maximum Gasteiger partial charge on any atom is 0.209 e. The lowest BCUT2D eigenvalue weighted by atomic mass is 10.1. The molecule has 0 saturated carbocycles. The molecule has 8 rings (SSSR count). The molecule has 270 valence electrons. The number of tetrazole rings is 2. The maximum atomic E-state index is 6.46. The van der Waals surface area contributed by atoms with Crippen LogP contribution in [0.4, 0.5) is 0 Å². The van der Waals surface area contributed by atoms with Crippen LogP contribution >= 0.6 is 68.0 Å². The molecule has 0 aliphatic carbocycles. The summed E-state index contributed by atoms with van der Waals surface area (Å²) in [5, 5.41) is 39.7. The van der Waals surface area contributed by atoms with Crippen LogP contribution in [0.3, 0.4) is 0 Å². The highest BCUT2D eigenvalue weighted by Crippen LogP contribution is 2.46. The average Bonchev–Trinajstić information content (AvgIpc) is 3.93. The molecule has 0 spiro atoms. The second kappa shape index (κ2) is 15.6. The minimum Gasteiger partial charge on any atom is -0.226 e. The van der Waals surface area contributed by atoms with Gasteiger partial charge in [-0.3, -0.25) is 0 Å². The maximum absolute atomic E-state index is 6.46. The lowest BCUT2D eigenvalue weighted by molar-refractivity contribution is 0.572. The molecule has 18 heteroatoms. The molecule has 0 bridgehead atoms. The molecule has 0 unspecified atom stereocenters. The van der Waals surface area contributed by atoms with E-state index in [0.29, 0.717) is 77.4 Å². The van der Waals surface area contributed by atoms with Crippen molar-refractivity contribution in [2.24, 2.45) is 0 Å². The van der Waals surface area contributed by atoms with Gasteiger partial charge in [-0.25, -0.2) is 9.36 Å². The quantitative estimate of drug-likeness (QED) is 0.117. The third-order valence-electron chi connectivity index (χ3n) is 8.03. The Morgan fingerprint density at radius 3 is 1.33 bits per heavy atom. The summed E-state index contributed by atoms with van der Waals surface area (Å²) < 4.78 is 3.47. The molecular weight excluding hydrogens is 806 g/mol. The van der Waals surface area contributed by atoms with Gasteiger partial charge in [0.2, 0.25) is 11.6 Å². The van der Waals surface area contributed by atoms with Gasteiger partial charge < -0.3 is 0 Å². The third kappa shape index (κ3) is 8.04. The normalized spacial score (nSPS) is 11.4. The van der Waals surface area contributed by atoms with Gasteiger partial charge in [0.25, 0.3) is 0 Å². The van der Waals surface area contributed by atoms with E-state index in [0.717, 1.165) is 22.3 Å². The Bertz CT molecular complexity index is 2410. The Balaban J connectivity index is 1.19. The van der Waals surface area contributed by atoms with Crippen molar-refractivity contribution in [2.75, 3.05) is 0 Å². The molecule has 0 amide bonds. The molecule has 0 N–H and O–H groups in total. The van der Waals surface area contributed by atoms with Crippen LogP contribution in [0.2, 0.25) is 20.1 Å². The van der Waals surface area contributed by atoms with E-state index in [1.807, 2.05) is 50.2 Å². The molecule has 0 atom stereocenters. The first kappa shape index (κ1) is 36.3. The molecule has 8 aromatic rings. The van der Waals surface area contributed by atoms with Crippen molar-refractivity contribution in [1.29, 1.82) is 0 Å². The van der Waals surface area contributed by atoms with E-state index in [2.05, 4.69) is 32.8 Å². The standard InChI is InChI=1S/C36H26Cl4N12S2/c1-21-5-3-7-23(9-21)19-49-45-33(43-47-49)31-17-41-51(29-13-25(37)11-26(38)14-29)35(31)53-54-36-32(18-42-52(36)30-15-27(39)12-28(40)16-30)34-44-48-50(46-34)20-24-8-4-6-22(2)10-24/h3-18H,19-20H2,1-2H3. The summed E-state index contributed by atoms with van der Waals surface area (Å²) in [5.74, 6) is 0.780. The SMILES string of the molecule is Cc1cccc(Cn2nnc(-c3cnn(-c4cc(Cl)cc(Cl)c4)c3SSc3c(-c4nnn(Cc5cccc(C)c5)n4)cnn3-c3cc(Cl)cc(Cl)c3)n2)c1. The summed E-state index contributed by atoms with van der Waals surface area (Å²) in [7, 11) is 2.79. The average molecular weight is 833 g/mol. The molecule has 0 radical (unpaired) electrons.